The zero-order valence-electron chi connectivity index (χ0n) is 29.7. The number of fused-ring (bicyclic) bond motifs is 12. The first-order chi connectivity index (χ1) is 24.1. The molecule has 0 atom stereocenters. The van der Waals surface area contributed by atoms with Crippen LogP contribution in [0, 0.1) is 0 Å². The van der Waals surface area contributed by atoms with Crippen molar-refractivity contribution < 1.29 is 0 Å². The van der Waals surface area contributed by atoms with Gasteiger partial charge < -0.3 is 4.57 Å². The molecule has 0 amide bonds. The summed E-state index contributed by atoms with van der Waals surface area (Å²) in [5, 5.41) is 5.25. The molecule has 0 bridgehead atoms. The first kappa shape index (κ1) is 29.5. The van der Waals surface area contributed by atoms with Crippen molar-refractivity contribution in [1.29, 1.82) is 0 Å². The second-order valence-electron chi connectivity index (χ2n) is 16.2. The summed E-state index contributed by atoms with van der Waals surface area (Å²) < 4.78 is 2.39. The molecule has 0 fully saturated rings. The molecule has 0 N–H and O–H groups in total. The molecule has 1 nitrogen and oxygen atoms in total. The molecule has 2 aliphatic carbocycles. The Morgan fingerprint density at radius 2 is 1.00 bits per heavy atom. The van der Waals surface area contributed by atoms with Gasteiger partial charge >= 0.3 is 0 Å². The van der Waals surface area contributed by atoms with Gasteiger partial charge in [0.25, 0.3) is 0 Å². The van der Waals surface area contributed by atoms with Crippen LogP contribution in [0.1, 0.15) is 63.8 Å². The average Bonchev–Trinajstić information content (AvgIpc) is 3.58. The topological polar surface area (TPSA) is 4.93 Å². The molecule has 0 aliphatic heterocycles. The molecule has 1 heteroatoms. The highest BCUT2D eigenvalue weighted by atomic mass is 15.0. The van der Waals surface area contributed by atoms with Crippen LogP contribution in [-0.2, 0) is 16.2 Å². The third-order valence-electron chi connectivity index (χ3n) is 12.9. The van der Waals surface area contributed by atoms with Crippen molar-refractivity contribution in [1.82, 2.24) is 4.57 Å². The van der Waals surface area contributed by atoms with Gasteiger partial charge in [-0.1, -0.05) is 151 Å². The monoisotopic (exact) mass is 643 g/mol. The summed E-state index contributed by atoms with van der Waals surface area (Å²) >= 11 is 0. The molecule has 0 unspecified atom stereocenters. The smallest absolute Gasteiger partial charge is 0.0541 e. The van der Waals surface area contributed by atoms with Crippen LogP contribution < -0.4 is 0 Å². The van der Waals surface area contributed by atoms with Crippen LogP contribution in [0.4, 0.5) is 0 Å². The van der Waals surface area contributed by atoms with E-state index in [-0.39, 0.29) is 16.2 Å². The van der Waals surface area contributed by atoms with Crippen LogP contribution >= 0.6 is 0 Å². The Hall–Kier alpha value is -5.40. The standard InChI is InChI=1S/C49H41N/c1-47(2)41-29-32(30-19-23-33(24-20-30)50-42-17-11-9-15-36(42)37-16-10-12-18-43(37)50)21-25-35(41)38-26-27-39-44-34-14-8-7-13-31(34)22-28-40(44)48(3,4)49(5,6)46(39)45(38)47/h7-29H,1-6H3. The molecule has 1 heterocycles. The van der Waals surface area contributed by atoms with Crippen LogP contribution in [0.5, 0.6) is 0 Å². The lowest BCUT2D eigenvalue weighted by atomic mass is 9.53. The fourth-order valence-corrected chi connectivity index (χ4v) is 9.68. The number of hydrogen-bond donors (Lipinski definition) is 0. The van der Waals surface area contributed by atoms with Crippen LogP contribution in [-0.4, -0.2) is 4.57 Å². The molecule has 242 valence electrons. The van der Waals surface area contributed by atoms with E-state index in [4.69, 9.17) is 0 Å². The lowest BCUT2D eigenvalue weighted by molar-refractivity contribution is 0.295. The van der Waals surface area contributed by atoms with E-state index >= 15 is 0 Å². The maximum atomic E-state index is 2.48. The molecule has 0 saturated heterocycles. The van der Waals surface area contributed by atoms with Crippen molar-refractivity contribution in [2.45, 2.75) is 57.8 Å². The summed E-state index contributed by atoms with van der Waals surface area (Å²) in [4.78, 5) is 0. The number of para-hydroxylation sites is 2. The van der Waals surface area contributed by atoms with E-state index < -0.39 is 0 Å². The van der Waals surface area contributed by atoms with Crippen molar-refractivity contribution in [2.75, 3.05) is 0 Å². The van der Waals surface area contributed by atoms with E-state index in [1.807, 2.05) is 0 Å². The normalized spacial score (nSPS) is 16.3. The van der Waals surface area contributed by atoms with Gasteiger partial charge in [0.1, 0.15) is 0 Å². The van der Waals surface area contributed by atoms with E-state index in [1.165, 1.54) is 93.9 Å². The minimum Gasteiger partial charge on any atom is -0.309 e. The highest BCUT2D eigenvalue weighted by Crippen LogP contribution is 2.62. The van der Waals surface area contributed by atoms with Gasteiger partial charge in [-0.25, -0.2) is 0 Å². The second-order valence-corrected chi connectivity index (χ2v) is 16.2. The van der Waals surface area contributed by atoms with Crippen molar-refractivity contribution in [3.63, 3.8) is 0 Å². The van der Waals surface area contributed by atoms with E-state index in [1.54, 1.807) is 0 Å². The summed E-state index contributed by atoms with van der Waals surface area (Å²) in [5.41, 5.74) is 17.4. The van der Waals surface area contributed by atoms with Gasteiger partial charge in [0.05, 0.1) is 11.0 Å². The number of rotatable bonds is 2. The summed E-state index contributed by atoms with van der Waals surface area (Å²) in [6.45, 7) is 14.8. The van der Waals surface area contributed by atoms with Crippen LogP contribution in [0.3, 0.4) is 0 Å². The molecule has 8 aromatic rings. The van der Waals surface area contributed by atoms with Gasteiger partial charge in [-0.3, -0.25) is 0 Å². The summed E-state index contributed by atoms with van der Waals surface area (Å²) in [7, 11) is 0. The quantitative estimate of drug-likeness (QED) is 0.177. The third-order valence-corrected chi connectivity index (χ3v) is 12.9. The average molecular weight is 644 g/mol. The summed E-state index contributed by atoms with van der Waals surface area (Å²) in [6, 6.07) is 52.3. The Morgan fingerprint density at radius 1 is 0.420 bits per heavy atom. The van der Waals surface area contributed by atoms with Gasteiger partial charge in [-0.05, 0) is 108 Å². The first-order valence-electron chi connectivity index (χ1n) is 18.0. The Kier molecular flexibility index (Phi) is 5.82. The van der Waals surface area contributed by atoms with Crippen LogP contribution in [0.2, 0.25) is 0 Å². The van der Waals surface area contributed by atoms with Crippen LogP contribution in [0.25, 0.3) is 71.6 Å². The van der Waals surface area contributed by atoms with Crippen molar-refractivity contribution >= 4 is 32.6 Å². The van der Waals surface area contributed by atoms with Gasteiger partial charge in [-0.2, -0.15) is 0 Å². The maximum Gasteiger partial charge on any atom is 0.0541 e. The molecule has 0 saturated carbocycles. The van der Waals surface area contributed by atoms with Crippen LogP contribution in [0.15, 0.2) is 140 Å². The molecule has 0 spiro atoms. The Balaban J connectivity index is 1.11. The molecule has 1 aromatic heterocycles. The molecule has 10 rings (SSSR count). The largest absolute Gasteiger partial charge is 0.309 e. The lowest BCUT2D eigenvalue weighted by Crippen LogP contribution is -2.45. The summed E-state index contributed by atoms with van der Waals surface area (Å²) in [6.07, 6.45) is 0. The SMILES string of the molecule is CC1(C)c2cc(-c3ccc(-n4c5ccccc5c5ccccc54)cc3)ccc2-c2ccc3c(c21)C(C)(C)C(C)(C)c1ccc2ccccc2c1-3. The lowest BCUT2D eigenvalue weighted by Gasteiger charge is -2.50. The second kappa shape index (κ2) is 9.86. The number of aromatic nitrogens is 1. The van der Waals surface area contributed by atoms with E-state index in [2.05, 4.69) is 186 Å². The Bertz CT molecular complexity index is 2660. The first-order valence-corrected chi connectivity index (χ1v) is 18.0. The predicted octanol–water partition coefficient (Wildman–Crippen LogP) is 13.1. The number of nitrogens with zero attached hydrogens (tertiary/aromatic N) is 1. The predicted molar refractivity (Wildman–Crippen MR) is 213 cm³/mol. The highest BCUT2D eigenvalue weighted by Gasteiger charge is 2.51. The van der Waals surface area contributed by atoms with Gasteiger partial charge in [0.2, 0.25) is 0 Å². The van der Waals surface area contributed by atoms with Crippen molar-refractivity contribution in [3.8, 4) is 39.1 Å². The third kappa shape index (κ3) is 3.68. The van der Waals surface area contributed by atoms with Gasteiger partial charge in [0, 0.05) is 21.9 Å². The number of benzene rings is 7. The Labute approximate surface area is 294 Å². The van der Waals surface area contributed by atoms with Gasteiger partial charge in [-0.15, -0.1) is 0 Å². The molecule has 50 heavy (non-hydrogen) atoms. The van der Waals surface area contributed by atoms with E-state index in [9.17, 15) is 0 Å². The fraction of sp³-hybridized carbons (Fsp3) is 0.184. The minimum absolute atomic E-state index is 0.0530. The molecular weight excluding hydrogens is 603 g/mol. The minimum atomic E-state index is -0.148. The molecular formula is C49H41N. The van der Waals surface area contributed by atoms with E-state index in [0.717, 1.165) is 0 Å². The number of hydrogen-bond acceptors (Lipinski definition) is 0. The Morgan fingerprint density at radius 3 is 1.70 bits per heavy atom. The highest BCUT2D eigenvalue weighted by molar-refractivity contribution is 6.09. The zero-order chi connectivity index (χ0) is 34.2. The fourth-order valence-electron chi connectivity index (χ4n) is 9.68. The summed E-state index contributed by atoms with van der Waals surface area (Å²) in [5.74, 6) is 0. The van der Waals surface area contributed by atoms with E-state index in [0.29, 0.717) is 0 Å². The van der Waals surface area contributed by atoms with Crippen molar-refractivity contribution in [2.24, 2.45) is 0 Å². The zero-order valence-corrected chi connectivity index (χ0v) is 29.7. The molecule has 2 aliphatic rings. The maximum absolute atomic E-state index is 2.48. The van der Waals surface area contributed by atoms with Crippen molar-refractivity contribution in [3.05, 3.63) is 162 Å². The van der Waals surface area contributed by atoms with Gasteiger partial charge in [0.15, 0.2) is 0 Å². The molecule has 0 radical (unpaired) electrons. The molecule has 7 aromatic carbocycles.